The molecule has 0 radical (unpaired) electrons. The monoisotopic (exact) mass is 393 g/mol. The third kappa shape index (κ3) is 5.58. The van der Waals surface area contributed by atoms with Gasteiger partial charge in [-0.05, 0) is 42.0 Å². The standard InChI is InChI=1S/C21H23N5O3/c1-14(27)25-16-5-7-17(8-6-16)26-21-11-20(23-13-24-21)22-12-15-4-9-18(28-2)19(10-15)29-3/h4-11,13H,12H2,1-3H3,(H,25,27)(H2,22,23,24,26). The van der Waals surface area contributed by atoms with Gasteiger partial charge in [0.2, 0.25) is 5.91 Å². The van der Waals surface area contributed by atoms with Crippen molar-refractivity contribution in [2.75, 3.05) is 30.2 Å². The van der Waals surface area contributed by atoms with Gasteiger partial charge < -0.3 is 25.4 Å². The lowest BCUT2D eigenvalue weighted by atomic mass is 10.2. The third-order valence-electron chi connectivity index (χ3n) is 4.07. The molecule has 150 valence electrons. The summed E-state index contributed by atoms with van der Waals surface area (Å²) in [6.07, 6.45) is 1.49. The van der Waals surface area contributed by atoms with E-state index in [1.807, 2.05) is 48.5 Å². The fourth-order valence-corrected chi connectivity index (χ4v) is 2.69. The number of amides is 1. The zero-order valence-corrected chi connectivity index (χ0v) is 16.5. The van der Waals surface area contributed by atoms with Crippen LogP contribution >= 0.6 is 0 Å². The first-order chi connectivity index (χ1) is 14.1. The Morgan fingerprint density at radius 1 is 0.897 bits per heavy atom. The molecule has 3 N–H and O–H groups in total. The van der Waals surface area contributed by atoms with E-state index in [4.69, 9.17) is 9.47 Å². The highest BCUT2D eigenvalue weighted by Gasteiger charge is 2.05. The fraction of sp³-hybridized carbons (Fsp3) is 0.190. The summed E-state index contributed by atoms with van der Waals surface area (Å²) in [6.45, 7) is 2.05. The van der Waals surface area contributed by atoms with Gasteiger partial charge in [-0.2, -0.15) is 0 Å². The Bertz CT molecular complexity index is 976. The van der Waals surface area contributed by atoms with Crippen molar-refractivity contribution < 1.29 is 14.3 Å². The van der Waals surface area contributed by atoms with Crippen molar-refractivity contribution in [3.8, 4) is 11.5 Å². The normalized spacial score (nSPS) is 10.2. The van der Waals surface area contributed by atoms with E-state index >= 15 is 0 Å². The van der Waals surface area contributed by atoms with Gasteiger partial charge in [-0.25, -0.2) is 9.97 Å². The summed E-state index contributed by atoms with van der Waals surface area (Å²) in [5.74, 6) is 2.61. The Kier molecular flexibility index (Phi) is 6.47. The Morgan fingerprint density at radius 3 is 2.28 bits per heavy atom. The number of hydrogen-bond acceptors (Lipinski definition) is 7. The maximum Gasteiger partial charge on any atom is 0.221 e. The molecule has 0 saturated carbocycles. The van der Waals surface area contributed by atoms with E-state index in [9.17, 15) is 4.79 Å². The van der Waals surface area contributed by atoms with Crippen molar-refractivity contribution in [2.24, 2.45) is 0 Å². The molecular formula is C21H23N5O3. The molecule has 0 spiro atoms. The molecule has 8 heteroatoms. The van der Waals surface area contributed by atoms with Crippen LogP contribution in [0.15, 0.2) is 54.9 Å². The predicted octanol–water partition coefficient (Wildman–Crippen LogP) is 3.81. The number of carbonyl (C=O) groups excluding carboxylic acids is 1. The number of hydrogen-bond donors (Lipinski definition) is 3. The predicted molar refractivity (Wildman–Crippen MR) is 113 cm³/mol. The Morgan fingerprint density at radius 2 is 1.59 bits per heavy atom. The molecule has 29 heavy (non-hydrogen) atoms. The largest absolute Gasteiger partial charge is 0.493 e. The first-order valence-electron chi connectivity index (χ1n) is 8.99. The fourth-order valence-electron chi connectivity index (χ4n) is 2.69. The van der Waals surface area contributed by atoms with Gasteiger partial charge in [0, 0.05) is 30.9 Å². The van der Waals surface area contributed by atoms with Gasteiger partial charge >= 0.3 is 0 Å². The lowest BCUT2D eigenvalue weighted by Crippen LogP contribution is -2.05. The average molecular weight is 393 g/mol. The Balaban J connectivity index is 1.63. The molecule has 3 aromatic rings. The summed E-state index contributed by atoms with van der Waals surface area (Å²) < 4.78 is 10.6. The van der Waals surface area contributed by atoms with Crippen molar-refractivity contribution in [1.82, 2.24) is 9.97 Å². The van der Waals surface area contributed by atoms with Crippen molar-refractivity contribution in [3.63, 3.8) is 0 Å². The highest BCUT2D eigenvalue weighted by atomic mass is 16.5. The van der Waals surface area contributed by atoms with Crippen LogP contribution in [0.5, 0.6) is 11.5 Å². The summed E-state index contributed by atoms with van der Waals surface area (Å²) in [4.78, 5) is 19.6. The molecule has 1 amide bonds. The molecule has 3 rings (SSSR count). The number of benzene rings is 2. The number of anilines is 4. The smallest absolute Gasteiger partial charge is 0.221 e. The Hall–Kier alpha value is -3.81. The maximum atomic E-state index is 11.1. The second-order valence-electron chi connectivity index (χ2n) is 6.21. The molecule has 8 nitrogen and oxygen atoms in total. The van der Waals surface area contributed by atoms with E-state index in [1.165, 1.54) is 13.3 Å². The van der Waals surface area contributed by atoms with E-state index < -0.39 is 0 Å². The van der Waals surface area contributed by atoms with Gasteiger partial charge in [0.15, 0.2) is 11.5 Å². The summed E-state index contributed by atoms with van der Waals surface area (Å²) in [5, 5.41) is 9.22. The molecule has 0 fully saturated rings. The molecule has 0 aliphatic rings. The molecule has 2 aromatic carbocycles. The average Bonchev–Trinajstić information content (AvgIpc) is 2.73. The second kappa shape index (κ2) is 9.41. The van der Waals surface area contributed by atoms with Crippen molar-refractivity contribution in [1.29, 1.82) is 0 Å². The number of ether oxygens (including phenoxy) is 2. The minimum Gasteiger partial charge on any atom is -0.493 e. The number of nitrogens with one attached hydrogen (secondary N) is 3. The van der Waals surface area contributed by atoms with Gasteiger partial charge in [-0.15, -0.1) is 0 Å². The van der Waals surface area contributed by atoms with E-state index in [0.717, 1.165) is 16.9 Å². The molecule has 0 atom stereocenters. The first-order valence-corrected chi connectivity index (χ1v) is 8.99. The molecular weight excluding hydrogens is 370 g/mol. The molecule has 0 aliphatic heterocycles. The maximum absolute atomic E-state index is 11.1. The van der Waals surface area contributed by atoms with Crippen LogP contribution in [0.1, 0.15) is 12.5 Å². The second-order valence-corrected chi connectivity index (χ2v) is 6.21. The highest BCUT2D eigenvalue weighted by molar-refractivity contribution is 5.88. The molecule has 1 heterocycles. The van der Waals surface area contributed by atoms with Gasteiger partial charge in [0.05, 0.1) is 14.2 Å². The number of aromatic nitrogens is 2. The summed E-state index contributed by atoms with van der Waals surface area (Å²) in [5.41, 5.74) is 2.62. The van der Waals surface area contributed by atoms with Crippen molar-refractivity contribution >= 4 is 28.9 Å². The van der Waals surface area contributed by atoms with Crippen LogP contribution in [0.4, 0.5) is 23.0 Å². The van der Waals surface area contributed by atoms with Gasteiger partial charge in [-0.3, -0.25) is 4.79 Å². The molecule has 1 aromatic heterocycles. The van der Waals surface area contributed by atoms with Gasteiger partial charge in [0.1, 0.15) is 18.0 Å². The number of methoxy groups -OCH3 is 2. The van der Waals surface area contributed by atoms with Crippen LogP contribution in [-0.4, -0.2) is 30.1 Å². The van der Waals surface area contributed by atoms with Gasteiger partial charge in [0.25, 0.3) is 0 Å². The van der Waals surface area contributed by atoms with Crippen LogP contribution in [0.3, 0.4) is 0 Å². The number of nitrogens with zero attached hydrogens (tertiary/aromatic N) is 2. The van der Waals surface area contributed by atoms with Crippen molar-refractivity contribution in [3.05, 3.63) is 60.4 Å². The van der Waals surface area contributed by atoms with E-state index in [-0.39, 0.29) is 5.91 Å². The molecule has 0 unspecified atom stereocenters. The number of carbonyl (C=O) groups is 1. The number of rotatable bonds is 8. The highest BCUT2D eigenvalue weighted by Crippen LogP contribution is 2.28. The SMILES string of the molecule is COc1ccc(CNc2cc(Nc3ccc(NC(C)=O)cc3)ncn2)cc1OC. The molecule has 0 saturated heterocycles. The van der Waals surface area contributed by atoms with Crippen LogP contribution in [0.25, 0.3) is 0 Å². The van der Waals surface area contributed by atoms with Crippen molar-refractivity contribution in [2.45, 2.75) is 13.5 Å². The minimum atomic E-state index is -0.105. The third-order valence-corrected chi connectivity index (χ3v) is 4.07. The van der Waals surface area contributed by atoms with E-state index in [1.54, 1.807) is 14.2 Å². The minimum absolute atomic E-state index is 0.105. The lowest BCUT2D eigenvalue weighted by Gasteiger charge is -2.11. The van der Waals surface area contributed by atoms with Crippen LogP contribution in [0, 0.1) is 0 Å². The summed E-state index contributed by atoms with van der Waals surface area (Å²) in [7, 11) is 3.22. The van der Waals surface area contributed by atoms with Crippen LogP contribution in [-0.2, 0) is 11.3 Å². The van der Waals surface area contributed by atoms with E-state index in [2.05, 4.69) is 25.9 Å². The molecule has 0 aliphatic carbocycles. The summed E-state index contributed by atoms with van der Waals surface area (Å²) >= 11 is 0. The molecule has 0 bridgehead atoms. The van der Waals surface area contributed by atoms with E-state index in [0.29, 0.717) is 29.7 Å². The van der Waals surface area contributed by atoms with Crippen LogP contribution < -0.4 is 25.4 Å². The zero-order valence-electron chi connectivity index (χ0n) is 16.5. The quantitative estimate of drug-likeness (QED) is 0.535. The van der Waals surface area contributed by atoms with Crippen LogP contribution in [0.2, 0.25) is 0 Å². The topological polar surface area (TPSA) is 97.4 Å². The lowest BCUT2D eigenvalue weighted by molar-refractivity contribution is -0.114. The van der Waals surface area contributed by atoms with Gasteiger partial charge in [-0.1, -0.05) is 6.07 Å². The zero-order chi connectivity index (χ0) is 20.6. The Labute approximate surface area is 169 Å². The summed E-state index contributed by atoms with van der Waals surface area (Å²) in [6, 6.07) is 14.9. The first kappa shape index (κ1) is 19.9.